The normalized spacial score (nSPS) is 11.5. The minimum atomic E-state index is -4.04. The van der Waals surface area contributed by atoms with Crippen LogP contribution in [0.15, 0.2) is 34.3 Å². The number of sulfone groups is 1. The van der Waals surface area contributed by atoms with E-state index in [0.717, 1.165) is 4.68 Å². The van der Waals surface area contributed by atoms with Gasteiger partial charge in [0.1, 0.15) is 0 Å². The highest BCUT2D eigenvalue weighted by molar-refractivity contribution is 7.91. The van der Waals surface area contributed by atoms with Crippen molar-refractivity contribution in [2.45, 2.75) is 23.8 Å². The Balaban J connectivity index is 2.49. The highest BCUT2D eigenvalue weighted by Gasteiger charge is 2.27. The van der Waals surface area contributed by atoms with E-state index < -0.39 is 20.9 Å². The van der Waals surface area contributed by atoms with Crippen LogP contribution in [0.5, 0.6) is 0 Å². The molecule has 0 unspecified atom stereocenters. The summed E-state index contributed by atoms with van der Waals surface area (Å²) < 4.78 is 26.3. The van der Waals surface area contributed by atoms with E-state index in [2.05, 4.69) is 5.10 Å². The lowest BCUT2D eigenvalue weighted by atomic mass is 10.4. The summed E-state index contributed by atoms with van der Waals surface area (Å²) in [7, 11) is -4.04. The van der Waals surface area contributed by atoms with Gasteiger partial charge in [0, 0.05) is 13.1 Å². The van der Waals surface area contributed by atoms with Crippen LogP contribution in [-0.4, -0.2) is 42.2 Å². The van der Waals surface area contributed by atoms with Crippen molar-refractivity contribution in [2.75, 3.05) is 13.1 Å². The number of hydrogen-bond donors (Lipinski definition) is 0. The SMILES string of the molecule is CCN(CC)C(=O)n1cc(Cl)c(S(=O)(=O)c2ccc(Cl)c(Cl)c2)n1. The van der Waals surface area contributed by atoms with E-state index in [0.29, 0.717) is 13.1 Å². The molecule has 0 saturated heterocycles. The van der Waals surface area contributed by atoms with E-state index in [4.69, 9.17) is 34.8 Å². The van der Waals surface area contributed by atoms with Crippen LogP contribution in [0.1, 0.15) is 13.8 Å². The van der Waals surface area contributed by atoms with E-state index >= 15 is 0 Å². The van der Waals surface area contributed by atoms with Gasteiger partial charge in [-0.05, 0) is 32.0 Å². The Labute approximate surface area is 154 Å². The first-order valence-corrected chi connectivity index (χ1v) is 9.58. The minimum absolute atomic E-state index is 0.0903. The van der Waals surface area contributed by atoms with Gasteiger partial charge in [-0.25, -0.2) is 13.2 Å². The highest BCUT2D eigenvalue weighted by atomic mass is 35.5. The molecule has 1 amide bonds. The van der Waals surface area contributed by atoms with Gasteiger partial charge in [-0.3, -0.25) is 0 Å². The van der Waals surface area contributed by atoms with Crippen LogP contribution in [0.4, 0.5) is 4.79 Å². The number of amides is 1. The molecule has 10 heteroatoms. The van der Waals surface area contributed by atoms with Gasteiger partial charge >= 0.3 is 6.03 Å². The van der Waals surface area contributed by atoms with Crippen LogP contribution in [0.25, 0.3) is 0 Å². The maximum absolute atomic E-state index is 12.7. The number of hydrogen-bond acceptors (Lipinski definition) is 4. The van der Waals surface area contributed by atoms with Gasteiger partial charge in [0.25, 0.3) is 0 Å². The van der Waals surface area contributed by atoms with Crippen LogP contribution >= 0.6 is 34.8 Å². The Morgan fingerprint density at radius 3 is 2.29 bits per heavy atom. The van der Waals surface area contributed by atoms with E-state index in [1.165, 1.54) is 29.3 Å². The predicted octanol–water partition coefficient (Wildman–Crippen LogP) is 3.99. The Kier molecular flexibility index (Phi) is 5.80. The van der Waals surface area contributed by atoms with Crippen LogP contribution in [-0.2, 0) is 9.84 Å². The quantitative estimate of drug-likeness (QED) is 0.764. The topological polar surface area (TPSA) is 72.3 Å². The Morgan fingerprint density at radius 2 is 1.75 bits per heavy atom. The first kappa shape index (κ1) is 19.1. The zero-order valence-corrected chi connectivity index (χ0v) is 15.9. The summed E-state index contributed by atoms with van der Waals surface area (Å²) >= 11 is 17.7. The summed E-state index contributed by atoms with van der Waals surface area (Å²) in [6.45, 7) is 4.53. The average Bonchev–Trinajstić information content (AvgIpc) is 2.93. The molecular formula is C14H14Cl3N3O3S. The molecule has 2 rings (SSSR count). The largest absolute Gasteiger partial charge is 0.344 e. The predicted molar refractivity (Wildman–Crippen MR) is 92.9 cm³/mol. The molecule has 0 atom stereocenters. The van der Waals surface area contributed by atoms with Gasteiger partial charge < -0.3 is 4.90 Å². The summed E-state index contributed by atoms with van der Waals surface area (Å²) in [6, 6.07) is 3.41. The second-order valence-electron chi connectivity index (χ2n) is 4.76. The van der Waals surface area contributed by atoms with Crippen molar-refractivity contribution >= 4 is 50.7 Å². The Hall–Kier alpha value is -1.28. The molecule has 2 aromatic rings. The third-order valence-electron chi connectivity index (χ3n) is 3.32. The number of carbonyl (C=O) groups excluding carboxylic acids is 1. The zero-order chi connectivity index (χ0) is 18.1. The summed E-state index contributed by atoms with van der Waals surface area (Å²) in [4.78, 5) is 13.6. The van der Waals surface area contributed by atoms with Crippen LogP contribution < -0.4 is 0 Å². The highest BCUT2D eigenvalue weighted by Crippen LogP contribution is 2.30. The molecular weight excluding hydrogens is 397 g/mol. The maximum atomic E-state index is 12.7. The Morgan fingerprint density at radius 1 is 1.12 bits per heavy atom. The van der Waals surface area contributed by atoms with E-state index in [1.54, 1.807) is 13.8 Å². The standard InChI is InChI=1S/C14H14Cl3N3O3S/c1-3-19(4-2)14(21)20-8-12(17)13(18-20)24(22,23)9-5-6-10(15)11(16)7-9/h5-8H,3-4H2,1-2H3. The summed E-state index contributed by atoms with van der Waals surface area (Å²) in [5, 5.41) is 3.61. The number of aromatic nitrogens is 2. The molecule has 0 spiro atoms. The first-order chi connectivity index (χ1) is 11.2. The molecule has 130 valence electrons. The van der Waals surface area contributed by atoms with Gasteiger partial charge in [0.15, 0.2) is 0 Å². The molecule has 0 aliphatic heterocycles. The third kappa shape index (κ3) is 3.54. The van der Waals surface area contributed by atoms with E-state index in [-0.39, 0.29) is 20.0 Å². The monoisotopic (exact) mass is 409 g/mol. The minimum Gasteiger partial charge on any atom is -0.323 e. The number of rotatable bonds is 4. The number of nitrogens with zero attached hydrogens (tertiary/aromatic N) is 3. The molecule has 6 nitrogen and oxygen atoms in total. The second-order valence-corrected chi connectivity index (χ2v) is 7.85. The molecule has 1 heterocycles. The molecule has 1 aromatic carbocycles. The fourth-order valence-electron chi connectivity index (χ4n) is 2.01. The average molecular weight is 411 g/mol. The summed E-state index contributed by atoms with van der Waals surface area (Å²) in [6.07, 6.45) is 1.17. The van der Waals surface area contributed by atoms with Crippen molar-refractivity contribution in [3.63, 3.8) is 0 Å². The van der Waals surface area contributed by atoms with Gasteiger partial charge in [-0.2, -0.15) is 9.78 Å². The number of carbonyl (C=O) groups is 1. The summed E-state index contributed by atoms with van der Waals surface area (Å²) in [5.41, 5.74) is 0. The second kappa shape index (κ2) is 7.31. The van der Waals surface area contributed by atoms with Gasteiger partial charge in [0.05, 0.1) is 26.2 Å². The van der Waals surface area contributed by atoms with Crippen molar-refractivity contribution in [1.82, 2.24) is 14.7 Å². The number of benzene rings is 1. The van der Waals surface area contributed by atoms with E-state index in [9.17, 15) is 13.2 Å². The molecule has 0 bridgehead atoms. The summed E-state index contributed by atoms with van der Waals surface area (Å²) in [5.74, 6) is 0. The van der Waals surface area contributed by atoms with Crippen LogP contribution in [0, 0.1) is 0 Å². The molecule has 0 aliphatic rings. The molecule has 1 aromatic heterocycles. The lowest BCUT2D eigenvalue weighted by molar-refractivity contribution is 0.201. The maximum Gasteiger partial charge on any atom is 0.344 e. The van der Waals surface area contributed by atoms with Crippen molar-refractivity contribution in [3.8, 4) is 0 Å². The third-order valence-corrected chi connectivity index (χ3v) is 6.14. The first-order valence-electron chi connectivity index (χ1n) is 6.97. The molecule has 0 radical (unpaired) electrons. The lowest BCUT2D eigenvalue weighted by Gasteiger charge is -2.17. The molecule has 24 heavy (non-hydrogen) atoms. The lowest BCUT2D eigenvalue weighted by Crippen LogP contribution is -2.34. The van der Waals surface area contributed by atoms with E-state index in [1.807, 2.05) is 0 Å². The van der Waals surface area contributed by atoms with Crippen molar-refractivity contribution < 1.29 is 13.2 Å². The fourth-order valence-corrected chi connectivity index (χ4v) is 4.06. The van der Waals surface area contributed by atoms with Crippen LogP contribution in [0.2, 0.25) is 15.1 Å². The molecule has 0 saturated carbocycles. The van der Waals surface area contributed by atoms with Crippen molar-refractivity contribution in [2.24, 2.45) is 0 Å². The smallest absolute Gasteiger partial charge is 0.323 e. The molecule has 0 N–H and O–H groups in total. The van der Waals surface area contributed by atoms with Gasteiger partial charge in [-0.15, -0.1) is 0 Å². The van der Waals surface area contributed by atoms with Gasteiger partial charge in [-0.1, -0.05) is 34.8 Å². The fraction of sp³-hybridized carbons (Fsp3) is 0.286. The molecule has 0 fully saturated rings. The molecule has 0 aliphatic carbocycles. The van der Waals surface area contributed by atoms with Crippen LogP contribution in [0.3, 0.4) is 0 Å². The van der Waals surface area contributed by atoms with Gasteiger partial charge in [0.2, 0.25) is 14.9 Å². The number of halogens is 3. The van der Waals surface area contributed by atoms with Crippen molar-refractivity contribution in [3.05, 3.63) is 39.5 Å². The Bertz CT molecular complexity index is 877. The van der Waals surface area contributed by atoms with Crippen molar-refractivity contribution in [1.29, 1.82) is 0 Å². The zero-order valence-electron chi connectivity index (χ0n) is 12.8.